The number of carbonyl (C=O) groups excluding carboxylic acids is 1. The standard InChI is InChI=1S/C18H20N2O3/c1-12-5-3-4-6-16(12)11-22-18(21)15-9-7-14(8-10-15)17-19-13(2)20-23-17/h3-4,7-10,12,16H,5-6,11H2,1-2H3. The van der Waals surface area contributed by atoms with Crippen molar-refractivity contribution < 1.29 is 14.1 Å². The van der Waals surface area contributed by atoms with E-state index in [9.17, 15) is 4.79 Å². The zero-order valence-electron chi connectivity index (χ0n) is 13.4. The number of nitrogens with zero attached hydrogens (tertiary/aromatic N) is 2. The summed E-state index contributed by atoms with van der Waals surface area (Å²) in [5.74, 6) is 1.70. The van der Waals surface area contributed by atoms with Crippen LogP contribution in [0.5, 0.6) is 0 Å². The number of carbonyl (C=O) groups is 1. The van der Waals surface area contributed by atoms with Crippen molar-refractivity contribution in [3.8, 4) is 11.5 Å². The molecule has 120 valence electrons. The van der Waals surface area contributed by atoms with E-state index in [-0.39, 0.29) is 5.97 Å². The molecule has 0 spiro atoms. The van der Waals surface area contributed by atoms with Crippen molar-refractivity contribution in [2.75, 3.05) is 6.61 Å². The molecule has 23 heavy (non-hydrogen) atoms. The molecule has 1 aromatic heterocycles. The smallest absolute Gasteiger partial charge is 0.338 e. The normalized spacial score (nSPS) is 20.4. The molecule has 1 aliphatic carbocycles. The van der Waals surface area contributed by atoms with E-state index in [0.717, 1.165) is 18.4 Å². The average molecular weight is 312 g/mol. The predicted molar refractivity (Wildman–Crippen MR) is 85.8 cm³/mol. The summed E-state index contributed by atoms with van der Waals surface area (Å²) < 4.78 is 10.6. The van der Waals surface area contributed by atoms with Crippen LogP contribution in [0.25, 0.3) is 11.5 Å². The van der Waals surface area contributed by atoms with Crippen molar-refractivity contribution in [2.24, 2.45) is 11.8 Å². The lowest BCUT2D eigenvalue weighted by Crippen LogP contribution is -2.21. The first kappa shape index (κ1) is 15.5. The minimum atomic E-state index is -0.292. The van der Waals surface area contributed by atoms with E-state index in [0.29, 0.717) is 35.7 Å². The molecule has 5 heteroatoms. The number of allylic oxidation sites excluding steroid dienone is 2. The molecule has 5 nitrogen and oxygen atoms in total. The van der Waals surface area contributed by atoms with Gasteiger partial charge in [0, 0.05) is 5.56 Å². The van der Waals surface area contributed by atoms with Crippen LogP contribution in [0.4, 0.5) is 0 Å². The lowest BCUT2D eigenvalue weighted by molar-refractivity contribution is 0.0395. The lowest BCUT2D eigenvalue weighted by atomic mass is 9.85. The lowest BCUT2D eigenvalue weighted by Gasteiger charge is -2.24. The average Bonchev–Trinajstić information content (AvgIpc) is 3.00. The second-order valence-electron chi connectivity index (χ2n) is 6.00. The second kappa shape index (κ2) is 6.77. The Labute approximate surface area is 135 Å². The van der Waals surface area contributed by atoms with Gasteiger partial charge in [0.25, 0.3) is 5.89 Å². The van der Waals surface area contributed by atoms with Crippen LogP contribution in [0, 0.1) is 18.8 Å². The van der Waals surface area contributed by atoms with Gasteiger partial charge >= 0.3 is 5.97 Å². The molecule has 3 rings (SSSR count). The summed E-state index contributed by atoms with van der Waals surface area (Å²) in [5.41, 5.74) is 1.32. The van der Waals surface area contributed by atoms with Gasteiger partial charge < -0.3 is 9.26 Å². The van der Waals surface area contributed by atoms with Gasteiger partial charge in [0.05, 0.1) is 12.2 Å². The fourth-order valence-corrected chi connectivity index (χ4v) is 2.67. The van der Waals surface area contributed by atoms with Gasteiger partial charge in [-0.15, -0.1) is 0 Å². The number of hydrogen-bond acceptors (Lipinski definition) is 5. The molecule has 0 bridgehead atoms. The van der Waals surface area contributed by atoms with E-state index in [2.05, 4.69) is 29.2 Å². The van der Waals surface area contributed by atoms with Gasteiger partial charge in [-0.25, -0.2) is 4.79 Å². The van der Waals surface area contributed by atoms with Crippen molar-refractivity contribution in [3.05, 3.63) is 47.8 Å². The van der Waals surface area contributed by atoms with Gasteiger partial charge in [0.15, 0.2) is 5.82 Å². The highest BCUT2D eigenvalue weighted by Gasteiger charge is 2.20. The van der Waals surface area contributed by atoms with Crippen molar-refractivity contribution in [3.63, 3.8) is 0 Å². The van der Waals surface area contributed by atoms with Gasteiger partial charge in [-0.2, -0.15) is 4.98 Å². The fourth-order valence-electron chi connectivity index (χ4n) is 2.67. The third-order valence-corrected chi connectivity index (χ3v) is 4.24. The van der Waals surface area contributed by atoms with E-state index in [1.54, 1.807) is 31.2 Å². The van der Waals surface area contributed by atoms with E-state index in [4.69, 9.17) is 9.26 Å². The molecule has 0 saturated heterocycles. The van der Waals surface area contributed by atoms with Gasteiger partial charge in [-0.3, -0.25) is 0 Å². The molecule has 0 amide bonds. The van der Waals surface area contributed by atoms with Crippen LogP contribution in [0.3, 0.4) is 0 Å². The fraction of sp³-hybridized carbons (Fsp3) is 0.389. The Morgan fingerprint density at radius 3 is 2.65 bits per heavy atom. The third kappa shape index (κ3) is 3.67. The number of esters is 1. The van der Waals surface area contributed by atoms with Crippen LogP contribution in [0.15, 0.2) is 40.9 Å². The first-order chi connectivity index (χ1) is 11.1. The molecule has 1 heterocycles. The molecule has 0 aliphatic heterocycles. The first-order valence-corrected chi connectivity index (χ1v) is 7.86. The quantitative estimate of drug-likeness (QED) is 0.634. The number of aromatic nitrogens is 2. The van der Waals surface area contributed by atoms with Gasteiger partial charge in [0.2, 0.25) is 0 Å². The van der Waals surface area contributed by atoms with E-state index in [1.165, 1.54) is 0 Å². The topological polar surface area (TPSA) is 65.2 Å². The number of hydrogen-bond donors (Lipinski definition) is 0. The summed E-state index contributed by atoms with van der Waals surface area (Å²) in [6, 6.07) is 7.02. The van der Waals surface area contributed by atoms with E-state index in [1.807, 2.05) is 0 Å². The molecule has 0 N–H and O–H groups in total. The van der Waals surface area contributed by atoms with Crippen molar-refractivity contribution >= 4 is 5.97 Å². The largest absolute Gasteiger partial charge is 0.462 e. The summed E-state index contributed by atoms with van der Waals surface area (Å²) in [4.78, 5) is 16.3. The highest BCUT2D eigenvalue weighted by Crippen LogP contribution is 2.25. The van der Waals surface area contributed by atoms with Crippen LogP contribution in [0.1, 0.15) is 35.9 Å². The predicted octanol–water partition coefficient (Wildman–Crippen LogP) is 3.80. The number of benzene rings is 1. The number of ether oxygens (including phenoxy) is 1. The zero-order chi connectivity index (χ0) is 16.2. The minimum Gasteiger partial charge on any atom is -0.462 e. The maximum Gasteiger partial charge on any atom is 0.338 e. The Hall–Kier alpha value is -2.43. The Kier molecular flexibility index (Phi) is 4.55. The van der Waals surface area contributed by atoms with Crippen LogP contribution in [0.2, 0.25) is 0 Å². The van der Waals surface area contributed by atoms with Crippen LogP contribution >= 0.6 is 0 Å². The second-order valence-corrected chi connectivity index (χ2v) is 6.00. The minimum absolute atomic E-state index is 0.292. The SMILES string of the molecule is Cc1noc(-c2ccc(C(=O)OCC3CC=CCC3C)cc2)n1. The summed E-state index contributed by atoms with van der Waals surface area (Å²) >= 11 is 0. The summed E-state index contributed by atoms with van der Waals surface area (Å²) in [7, 11) is 0. The van der Waals surface area contributed by atoms with Crippen LogP contribution in [-0.4, -0.2) is 22.7 Å². The Morgan fingerprint density at radius 2 is 2.00 bits per heavy atom. The molecule has 0 radical (unpaired) electrons. The van der Waals surface area contributed by atoms with Crippen molar-refractivity contribution in [1.29, 1.82) is 0 Å². The highest BCUT2D eigenvalue weighted by atomic mass is 16.5. The van der Waals surface area contributed by atoms with Crippen molar-refractivity contribution in [2.45, 2.75) is 26.7 Å². The molecule has 1 aliphatic rings. The summed E-state index contributed by atoms with van der Waals surface area (Å²) in [6.45, 7) is 4.43. The Morgan fingerprint density at radius 1 is 1.26 bits per heavy atom. The number of rotatable bonds is 4. The highest BCUT2D eigenvalue weighted by molar-refractivity contribution is 5.89. The third-order valence-electron chi connectivity index (χ3n) is 4.24. The van der Waals surface area contributed by atoms with Crippen LogP contribution in [-0.2, 0) is 4.74 Å². The Bertz CT molecular complexity index is 703. The summed E-state index contributed by atoms with van der Waals surface area (Å²) in [6.07, 6.45) is 6.39. The van der Waals surface area contributed by atoms with Crippen LogP contribution < -0.4 is 0 Å². The Balaban J connectivity index is 1.60. The molecular formula is C18H20N2O3. The summed E-state index contributed by atoms with van der Waals surface area (Å²) in [5, 5.41) is 3.76. The monoisotopic (exact) mass is 312 g/mol. The molecule has 2 atom stereocenters. The van der Waals surface area contributed by atoms with E-state index < -0.39 is 0 Å². The maximum absolute atomic E-state index is 12.2. The molecule has 1 aromatic carbocycles. The zero-order valence-corrected chi connectivity index (χ0v) is 13.4. The maximum atomic E-state index is 12.2. The molecule has 2 unspecified atom stereocenters. The first-order valence-electron chi connectivity index (χ1n) is 7.86. The number of aryl methyl sites for hydroxylation is 1. The molecule has 2 aromatic rings. The molecule has 0 fully saturated rings. The molecular weight excluding hydrogens is 292 g/mol. The van der Waals surface area contributed by atoms with Gasteiger partial charge in [-0.1, -0.05) is 24.2 Å². The van der Waals surface area contributed by atoms with E-state index >= 15 is 0 Å². The van der Waals surface area contributed by atoms with Crippen molar-refractivity contribution in [1.82, 2.24) is 10.1 Å². The van der Waals surface area contributed by atoms with Gasteiger partial charge in [-0.05, 0) is 55.9 Å². The van der Waals surface area contributed by atoms with Gasteiger partial charge in [0.1, 0.15) is 0 Å². The molecule has 0 saturated carbocycles.